The highest BCUT2D eigenvalue weighted by atomic mass is 31.1. The first-order chi connectivity index (χ1) is 6.10. The van der Waals surface area contributed by atoms with Gasteiger partial charge in [0.2, 0.25) is 0 Å². The average Bonchev–Trinajstić information content (AvgIpc) is 2.03. The highest BCUT2D eigenvalue weighted by Crippen LogP contribution is 2.20. The summed E-state index contributed by atoms with van der Waals surface area (Å²) >= 11 is 0. The third kappa shape index (κ3) is 6.36. The Balaban J connectivity index is 4.18. The van der Waals surface area contributed by atoms with Crippen molar-refractivity contribution in [3.8, 4) is 0 Å². The summed E-state index contributed by atoms with van der Waals surface area (Å²) in [4.78, 5) is 23.2. The quantitative estimate of drug-likeness (QED) is 0.221. The SMILES string of the molecule is CON(C)CC(=CC=O)O[P+](=O)O. The van der Waals surface area contributed by atoms with Gasteiger partial charge in [0.15, 0.2) is 5.76 Å². The van der Waals surface area contributed by atoms with Crippen LogP contribution < -0.4 is 0 Å². The van der Waals surface area contributed by atoms with Gasteiger partial charge in [0.05, 0.1) is 13.7 Å². The standard InChI is InChI=1S/C6H10NO5P/c1-7(11-2)5-6(3-4-8)12-13(9)10/h3-4H,5H2,1-2H3/p+1. The van der Waals surface area contributed by atoms with Crippen LogP contribution in [0.2, 0.25) is 0 Å². The van der Waals surface area contributed by atoms with Crippen LogP contribution in [0.1, 0.15) is 0 Å². The van der Waals surface area contributed by atoms with E-state index in [0.29, 0.717) is 6.29 Å². The van der Waals surface area contributed by atoms with Gasteiger partial charge in [-0.05, 0) is 0 Å². The molecule has 0 bridgehead atoms. The fourth-order valence-electron chi connectivity index (χ4n) is 0.572. The van der Waals surface area contributed by atoms with Gasteiger partial charge in [-0.3, -0.25) is 4.79 Å². The number of carbonyl (C=O) groups excluding carboxylic acids is 1. The molecule has 0 aromatic carbocycles. The van der Waals surface area contributed by atoms with Gasteiger partial charge < -0.3 is 4.84 Å². The highest BCUT2D eigenvalue weighted by Gasteiger charge is 2.17. The Kier molecular flexibility index (Phi) is 6.26. The first kappa shape index (κ1) is 12.2. The van der Waals surface area contributed by atoms with Gasteiger partial charge in [0.1, 0.15) is 6.29 Å². The van der Waals surface area contributed by atoms with Crippen molar-refractivity contribution in [2.75, 3.05) is 20.7 Å². The zero-order valence-corrected chi connectivity index (χ0v) is 8.23. The molecule has 0 radical (unpaired) electrons. The molecule has 0 saturated heterocycles. The summed E-state index contributed by atoms with van der Waals surface area (Å²) in [7, 11) is 0.271. The van der Waals surface area contributed by atoms with Gasteiger partial charge in [-0.2, -0.15) is 5.06 Å². The first-order valence-corrected chi connectivity index (χ1v) is 4.47. The lowest BCUT2D eigenvalue weighted by Gasteiger charge is -2.11. The van der Waals surface area contributed by atoms with Gasteiger partial charge >= 0.3 is 8.25 Å². The Morgan fingerprint density at radius 3 is 2.69 bits per heavy atom. The van der Waals surface area contributed by atoms with Crippen LogP contribution in [0.25, 0.3) is 0 Å². The van der Waals surface area contributed by atoms with Gasteiger partial charge in [-0.15, -0.1) is 4.89 Å². The molecule has 0 spiro atoms. The second-order valence-corrected chi connectivity index (χ2v) is 2.73. The summed E-state index contributed by atoms with van der Waals surface area (Å²) in [6.45, 7) is 0.122. The number of aldehydes is 1. The second kappa shape index (κ2) is 6.68. The molecule has 0 aromatic heterocycles. The Hall–Kier alpha value is -0.810. The molecule has 0 rings (SSSR count). The van der Waals surface area contributed by atoms with E-state index < -0.39 is 8.25 Å². The van der Waals surface area contributed by atoms with Gasteiger partial charge in [-0.25, -0.2) is 4.52 Å². The van der Waals surface area contributed by atoms with E-state index in [1.165, 1.54) is 12.2 Å². The molecule has 1 N–H and O–H groups in total. The molecule has 6 nitrogen and oxygen atoms in total. The molecule has 7 heteroatoms. The van der Waals surface area contributed by atoms with Crippen molar-refractivity contribution in [2.24, 2.45) is 0 Å². The molecule has 0 aromatic rings. The molecule has 74 valence electrons. The minimum atomic E-state index is -2.75. The number of likely N-dealkylation sites (N-methyl/N-ethyl adjacent to an activating group) is 1. The van der Waals surface area contributed by atoms with E-state index in [0.717, 1.165) is 6.08 Å². The first-order valence-electron chi connectivity index (χ1n) is 3.33. The number of carbonyl (C=O) groups is 1. The molecule has 0 saturated carbocycles. The second-order valence-electron chi connectivity index (χ2n) is 2.07. The fourth-order valence-corrected chi connectivity index (χ4v) is 0.891. The number of hydrogen-bond donors (Lipinski definition) is 1. The molecule has 13 heavy (non-hydrogen) atoms. The smallest absolute Gasteiger partial charge is 0.302 e. The number of nitrogens with zero attached hydrogens (tertiary/aromatic N) is 1. The summed E-state index contributed by atoms with van der Waals surface area (Å²) in [6.07, 6.45) is 1.52. The Morgan fingerprint density at radius 2 is 2.31 bits per heavy atom. The van der Waals surface area contributed by atoms with E-state index in [-0.39, 0.29) is 12.3 Å². The van der Waals surface area contributed by atoms with Crippen LogP contribution in [0.5, 0.6) is 0 Å². The van der Waals surface area contributed by atoms with E-state index in [9.17, 15) is 9.36 Å². The number of hydroxylamine groups is 2. The van der Waals surface area contributed by atoms with Crippen molar-refractivity contribution >= 4 is 14.5 Å². The predicted octanol–water partition coefficient (Wildman–Crippen LogP) is 0.229. The predicted molar refractivity (Wildman–Crippen MR) is 44.7 cm³/mol. The van der Waals surface area contributed by atoms with E-state index in [1.54, 1.807) is 7.05 Å². The number of rotatable bonds is 6. The van der Waals surface area contributed by atoms with E-state index >= 15 is 0 Å². The van der Waals surface area contributed by atoms with Gasteiger partial charge in [0, 0.05) is 17.7 Å². The van der Waals surface area contributed by atoms with Crippen LogP contribution >= 0.6 is 8.25 Å². The van der Waals surface area contributed by atoms with E-state index in [1.807, 2.05) is 0 Å². The summed E-state index contributed by atoms with van der Waals surface area (Å²) in [5, 5.41) is 1.34. The van der Waals surface area contributed by atoms with Crippen LogP contribution in [0.4, 0.5) is 0 Å². The van der Waals surface area contributed by atoms with Crippen molar-refractivity contribution in [3.05, 3.63) is 11.8 Å². The van der Waals surface area contributed by atoms with Crippen LogP contribution in [0, 0.1) is 0 Å². The Labute approximate surface area is 76.6 Å². The van der Waals surface area contributed by atoms with E-state index in [4.69, 9.17) is 9.73 Å². The lowest BCUT2D eigenvalue weighted by atomic mass is 10.4. The lowest BCUT2D eigenvalue weighted by molar-refractivity contribution is -0.107. The number of allylic oxidation sites excluding steroid dienone is 1. The molecule has 0 fully saturated rings. The van der Waals surface area contributed by atoms with Crippen LogP contribution in [0.3, 0.4) is 0 Å². The zero-order chi connectivity index (χ0) is 10.3. The van der Waals surface area contributed by atoms with Crippen molar-refractivity contribution in [1.82, 2.24) is 5.06 Å². The largest absolute Gasteiger partial charge is 0.747 e. The maximum atomic E-state index is 10.3. The topological polar surface area (TPSA) is 76.1 Å². The third-order valence-electron chi connectivity index (χ3n) is 1.14. The molecule has 1 unspecified atom stereocenters. The molecule has 0 heterocycles. The fraction of sp³-hybridized carbons (Fsp3) is 0.500. The molecular formula is C6H11NO5P+. The van der Waals surface area contributed by atoms with Gasteiger partial charge in [-0.1, -0.05) is 0 Å². The van der Waals surface area contributed by atoms with Crippen LogP contribution in [-0.4, -0.2) is 36.9 Å². The molecule has 0 aliphatic rings. The number of hydrogen-bond acceptors (Lipinski definition) is 5. The van der Waals surface area contributed by atoms with Crippen LogP contribution in [0.15, 0.2) is 11.8 Å². The molecule has 0 aliphatic heterocycles. The van der Waals surface area contributed by atoms with Gasteiger partial charge in [0.25, 0.3) is 0 Å². The lowest BCUT2D eigenvalue weighted by Crippen LogP contribution is -2.20. The Morgan fingerprint density at radius 1 is 1.69 bits per heavy atom. The summed E-state index contributed by atoms with van der Waals surface area (Å²) < 4.78 is 14.7. The molecule has 0 amide bonds. The maximum Gasteiger partial charge on any atom is 0.747 e. The minimum Gasteiger partial charge on any atom is -0.302 e. The maximum absolute atomic E-state index is 10.3. The minimum absolute atomic E-state index is 0.0722. The van der Waals surface area contributed by atoms with Crippen LogP contribution in [-0.2, 0) is 18.7 Å². The molecular weight excluding hydrogens is 197 g/mol. The third-order valence-corrected chi connectivity index (χ3v) is 1.53. The zero-order valence-electron chi connectivity index (χ0n) is 7.34. The Bertz CT molecular complexity index is 217. The summed E-state index contributed by atoms with van der Waals surface area (Å²) in [5.74, 6) is 0.0722. The average molecular weight is 208 g/mol. The molecule has 0 aliphatic carbocycles. The van der Waals surface area contributed by atoms with E-state index in [2.05, 4.69) is 4.52 Å². The summed E-state index contributed by atoms with van der Waals surface area (Å²) in [6, 6.07) is 0. The molecule has 1 atom stereocenters. The monoisotopic (exact) mass is 208 g/mol. The highest BCUT2D eigenvalue weighted by molar-refractivity contribution is 7.32. The van der Waals surface area contributed by atoms with Crippen molar-refractivity contribution < 1.29 is 23.6 Å². The van der Waals surface area contributed by atoms with Crippen molar-refractivity contribution in [2.45, 2.75) is 0 Å². The van der Waals surface area contributed by atoms with Crippen molar-refractivity contribution in [1.29, 1.82) is 0 Å². The normalized spacial score (nSPS) is 12.9. The van der Waals surface area contributed by atoms with Crippen molar-refractivity contribution in [3.63, 3.8) is 0 Å². The summed E-state index contributed by atoms with van der Waals surface area (Å²) in [5.41, 5.74) is 0.